The molecule has 0 unspecified atom stereocenters. The van der Waals surface area contributed by atoms with E-state index in [-0.39, 0.29) is 17.9 Å². The molecule has 2 aliphatic carbocycles. The number of carboxylic acid groups (broad SMARTS) is 1. The van der Waals surface area contributed by atoms with Crippen molar-refractivity contribution in [2.75, 3.05) is 6.61 Å². The lowest BCUT2D eigenvalue weighted by Crippen LogP contribution is -2.38. The van der Waals surface area contributed by atoms with Crippen LogP contribution >= 0.6 is 0 Å². The summed E-state index contributed by atoms with van der Waals surface area (Å²) in [7, 11) is 0. The second kappa shape index (κ2) is 9.64. The number of rotatable bonds is 4. The molecule has 1 amide bonds. The number of aromatic nitrogens is 1. The third-order valence-electron chi connectivity index (χ3n) is 8.51. The highest BCUT2D eigenvalue weighted by atomic mass is 16.5. The van der Waals surface area contributed by atoms with Crippen LogP contribution in [0.2, 0.25) is 0 Å². The van der Waals surface area contributed by atoms with Crippen molar-refractivity contribution < 1.29 is 19.4 Å². The molecule has 3 aliphatic rings. The summed E-state index contributed by atoms with van der Waals surface area (Å²) in [4.78, 5) is 24.5. The first-order valence-electron chi connectivity index (χ1n) is 13.5. The van der Waals surface area contributed by atoms with E-state index in [4.69, 9.17) is 4.74 Å². The van der Waals surface area contributed by atoms with E-state index in [2.05, 4.69) is 40.2 Å². The molecule has 6 rings (SSSR count). The molecule has 36 heavy (non-hydrogen) atoms. The van der Waals surface area contributed by atoms with Crippen molar-refractivity contribution in [1.29, 1.82) is 0 Å². The van der Waals surface area contributed by atoms with Crippen molar-refractivity contribution in [1.82, 2.24) is 9.88 Å². The smallest absolute Gasteiger partial charge is 0.306 e. The number of amides is 1. The average molecular weight is 487 g/mol. The Labute approximate surface area is 211 Å². The van der Waals surface area contributed by atoms with Crippen molar-refractivity contribution in [3.05, 3.63) is 53.6 Å². The number of carbonyl (C=O) groups excluding carboxylic acids is 1. The van der Waals surface area contributed by atoms with E-state index >= 15 is 0 Å². The summed E-state index contributed by atoms with van der Waals surface area (Å²) in [6.07, 6.45) is 8.91. The molecule has 0 bridgehead atoms. The van der Waals surface area contributed by atoms with Gasteiger partial charge in [-0.2, -0.15) is 0 Å². The second-order valence-electron chi connectivity index (χ2n) is 10.7. The fourth-order valence-corrected chi connectivity index (χ4v) is 6.63. The molecule has 1 aromatic heterocycles. The van der Waals surface area contributed by atoms with Crippen LogP contribution in [0.4, 0.5) is 0 Å². The quantitative estimate of drug-likeness (QED) is 0.465. The molecule has 6 nitrogen and oxygen atoms in total. The minimum atomic E-state index is -0.724. The predicted molar refractivity (Wildman–Crippen MR) is 140 cm³/mol. The van der Waals surface area contributed by atoms with Crippen LogP contribution in [0.5, 0.6) is 5.75 Å². The number of para-hydroxylation sites is 1. The van der Waals surface area contributed by atoms with Gasteiger partial charge in [0.1, 0.15) is 12.4 Å². The van der Waals surface area contributed by atoms with Gasteiger partial charge in [0, 0.05) is 28.1 Å². The van der Waals surface area contributed by atoms with Gasteiger partial charge in [-0.05, 0) is 74.3 Å². The number of nitrogens with zero attached hydrogens (tertiary/aromatic N) is 1. The molecule has 0 radical (unpaired) electrons. The molecule has 6 heteroatoms. The Balaban J connectivity index is 1.37. The van der Waals surface area contributed by atoms with Crippen molar-refractivity contribution in [3.8, 4) is 17.0 Å². The van der Waals surface area contributed by atoms with Crippen molar-refractivity contribution >= 4 is 22.8 Å². The van der Waals surface area contributed by atoms with Gasteiger partial charge in [-0.25, -0.2) is 0 Å². The van der Waals surface area contributed by atoms with E-state index in [1.54, 1.807) is 0 Å². The Morgan fingerprint density at radius 2 is 1.72 bits per heavy atom. The molecular formula is C30H34N2O4. The molecule has 0 spiro atoms. The highest BCUT2D eigenvalue weighted by Gasteiger charge is 2.30. The van der Waals surface area contributed by atoms with Gasteiger partial charge in [0.2, 0.25) is 0 Å². The van der Waals surface area contributed by atoms with E-state index < -0.39 is 5.97 Å². The lowest BCUT2D eigenvalue weighted by Gasteiger charge is -2.26. The van der Waals surface area contributed by atoms with Crippen LogP contribution in [0.3, 0.4) is 0 Å². The Kier molecular flexibility index (Phi) is 6.20. The van der Waals surface area contributed by atoms with Crippen LogP contribution in [0, 0.1) is 5.92 Å². The predicted octanol–water partition coefficient (Wildman–Crippen LogP) is 6.12. The van der Waals surface area contributed by atoms with E-state index in [0.717, 1.165) is 23.4 Å². The lowest BCUT2D eigenvalue weighted by atomic mass is 9.81. The van der Waals surface area contributed by atoms with Crippen LogP contribution in [-0.2, 0) is 11.3 Å². The third-order valence-corrected chi connectivity index (χ3v) is 8.51. The first-order valence-corrected chi connectivity index (χ1v) is 13.5. The van der Waals surface area contributed by atoms with E-state index in [0.29, 0.717) is 43.8 Å². The van der Waals surface area contributed by atoms with Crippen LogP contribution < -0.4 is 10.1 Å². The molecule has 2 fully saturated rings. The molecular weight excluding hydrogens is 452 g/mol. The summed E-state index contributed by atoms with van der Waals surface area (Å²) in [6.45, 7) is 1.35. The van der Waals surface area contributed by atoms with Gasteiger partial charge in [0.15, 0.2) is 0 Å². The van der Waals surface area contributed by atoms with Gasteiger partial charge in [0.05, 0.1) is 18.2 Å². The highest BCUT2D eigenvalue weighted by Crippen LogP contribution is 2.47. The third kappa shape index (κ3) is 4.16. The monoisotopic (exact) mass is 486 g/mol. The summed E-state index contributed by atoms with van der Waals surface area (Å²) in [5.74, 6) is 0.377. The standard InChI is InChI=1S/C30H34N2O4/c33-29(31-22-13-10-20(11-14-22)30(34)35)21-12-15-23-25(18-21)32-16-17-36-26-9-5-4-8-24(26)28(32)27(23)19-6-2-1-3-7-19/h4-5,8-9,12,15,18-20,22H,1-3,6-7,10-11,13-14,16-17H2,(H,31,33)(H,34,35)/t20-,22-. The Morgan fingerprint density at radius 3 is 2.50 bits per heavy atom. The topological polar surface area (TPSA) is 80.6 Å². The van der Waals surface area contributed by atoms with Crippen molar-refractivity contribution in [2.24, 2.45) is 5.92 Å². The first-order chi connectivity index (χ1) is 17.6. The normalized spacial score (nSPS) is 22.2. The number of hydrogen-bond donors (Lipinski definition) is 2. The zero-order chi connectivity index (χ0) is 24.6. The SMILES string of the molecule is O=C(N[C@H]1CC[C@H](C(=O)O)CC1)c1ccc2c(C3CCCCC3)c3n(c2c1)CCOc1ccccc1-3. The number of nitrogens with one attached hydrogen (secondary N) is 1. The van der Waals surface area contributed by atoms with Crippen LogP contribution in [0.25, 0.3) is 22.2 Å². The fourth-order valence-electron chi connectivity index (χ4n) is 6.63. The van der Waals surface area contributed by atoms with Gasteiger partial charge in [0.25, 0.3) is 5.91 Å². The Hall–Kier alpha value is -3.28. The van der Waals surface area contributed by atoms with Crippen LogP contribution in [-0.4, -0.2) is 34.2 Å². The number of benzene rings is 2. The van der Waals surface area contributed by atoms with Crippen molar-refractivity contribution in [3.63, 3.8) is 0 Å². The fraction of sp³-hybridized carbons (Fsp3) is 0.467. The minimum Gasteiger partial charge on any atom is -0.491 e. The highest BCUT2D eigenvalue weighted by molar-refractivity contribution is 6.01. The summed E-state index contributed by atoms with van der Waals surface area (Å²) in [5.41, 5.74) is 5.59. The van der Waals surface area contributed by atoms with E-state index in [1.165, 1.54) is 48.7 Å². The maximum atomic E-state index is 13.3. The number of hydrogen-bond acceptors (Lipinski definition) is 3. The van der Waals surface area contributed by atoms with E-state index in [9.17, 15) is 14.7 Å². The first kappa shape index (κ1) is 23.1. The summed E-state index contributed by atoms with van der Waals surface area (Å²) >= 11 is 0. The van der Waals surface area contributed by atoms with Crippen LogP contribution in [0.15, 0.2) is 42.5 Å². The zero-order valence-electron chi connectivity index (χ0n) is 20.7. The molecule has 2 aromatic carbocycles. The van der Waals surface area contributed by atoms with Gasteiger partial charge >= 0.3 is 5.97 Å². The van der Waals surface area contributed by atoms with Gasteiger partial charge < -0.3 is 19.7 Å². The summed E-state index contributed by atoms with van der Waals surface area (Å²) < 4.78 is 8.52. The number of ether oxygens (including phenoxy) is 1. The molecule has 0 saturated heterocycles. The molecule has 1 aliphatic heterocycles. The largest absolute Gasteiger partial charge is 0.491 e. The van der Waals surface area contributed by atoms with E-state index in [1.807, 2.05) is 12.1 Å². The van der Waals surface area contributed by atoms with Crippen molar-refractivity contribution in [2.45, 2.75) is 76.3 Å². The van der Waals surface area contributed by atoms with Gasteiger partial charge in [-0.3, -0.25) is 9.59 Å². The Bertz CT molecular complexity index is 1300. The maximum absolute atomic E-state index is 13.3. The molecule has 2 heterocycles. The lowest BCUT2D eigenvalue weighted by molar-refractivity contribution is -0.142. The van der Waals surface area contributed by atoms with Crippen LogP contribution in [0.1, 0.15) is 79.6 Å². The molecule has 188 valence electrons. The number of carbonyl (C=O) groups is 2. The molecule has 2 N–H and O–H groups in total. The minimum absolute atomic E-state index is 0.0336. The molecule has 0 atom stereocenters. The van der Waals surface area contributed by atoms with Gasteiger partial charge in [-0.15, -0.1) is 0 Å². The molecule has 2 saturated carbocycles. The summed E-state index contributed by atoms with van der Waals surface area (Å²) in [5, 5.41) is 13.7. The number of fused-ring (bicyclic) bond motifs is 5. The Morgan fingerprint density at radius 1 is 0.944 bits per heavy atom. The zero-order valence-corrected chi connectivity index (χ0v) is 20.7. The van der Waals surface area contributed by atoms with Gasteiger partial charge in [-0.1, -0.05) is 37.5 Å². The maximum Gasteiger partial charge on any atom is 0.306 e. The number of aliphatic carboxylic acids is 1. The number of carboxylic acids is 1. The second-order valence-corrected chi connectivity index (χ2v) is 10.7. The summed E-state index contributed by atoms with van der Waals surface area (Å²) in [6, 6.07) is 14.5. The molecule has 3 aromatic rings. The average Bonchev–Trinajstić information content (AvgIpc) is 3.10.